The highest BCUT2D eigenvalue weighted by Crippen LogP contribution is 2.13. The van der Waals surface area contributed by atoms with E-state index in [-0.39, 0.29) is 6.42 Å². The van der Waals surface area contributed by atoms with Crippen molar-refractivity contribution in [3.63, 3.8) is 0 Å². The number of halogens is 1. The van der Waals surface area contributed by atoms with E-state index in [1.165, 1.54) is 19.1 Å². The zero-order chi connectivity index (χ0) is 13.1. The highest BCUT2D eigenvalue weighted by atomic mass is 32.2. The normalized spacial score (nSPS) is 13.3. The molecule has 0 fully saturated rings. The highest BCUT2D eigenvalue weighted by molar-refractivity contribution is 7.89. The van der Waals surface area contributed by atoms with Crippen molar-refractivity contribution in [1.29, 1.82) is 0 Å². The maximum Gasteiger partial charge on any atom is 0.243 e. The molecule has 0 saturated heterocycles. The van der Waals surface area contributed by atoms with Crippen molar-refractivity contribution in [3.05, 3.63) is 30.1 Å². The summed E-state index contributed by atoms with van der Waals surface area (Å²) in [7, 11) is -3.97. The Hall–Kier alpha value is -1.47. The molecule has 0 radical (unpaired) electrons. The first-order valence-electron chi connectivity index (χ1n) is 4.88. The molecule has 0 aliphatic carbocycles. The molecule has 1 rings (SSSR count). The van der Waals surface area contributed by atoms with Crippen molar-refractivity contribution in [1.82, 2.24) is 4.72 Å². The van der Waals surface area contributed by atoms with Crippen LogP contribution in [-0.4, -0.2) is 20.4 Å². The molecule has 0 aliphatic heterocycles. The van der Waals surface area contributed by atoms with Crippen LogP contribution in [0.1, 0.15) is 13.3 Å². The molecule has 0 saturated carbocycles. The maximum absolute atomic E-state index is 13.3. The number of benzene rings is 1. The van der Waals surface area contributed by atoms with E-state index in [0.717, 1.165) is 12.1 Å². The van der Waals surface area contributed by atoms with Gasteiger partial charge in [0.05, 0.1) is 0 Å². The van der Waals surface area contributed by atoms with Crippen LogP contribution < -0.4 is 10.5 Å². The Kier molecular flexibility index (Phi) is 4.19. The van der Waals surface area contributed by atoms with Crippen molar-refractivity contribution in [3.8, 4) is 0 Å². The van der Waals surface area contributed by atoms with E-state index in [1.54, 1.807) is 0 Å². The fraction of sp³-hybridized carbons (Fsp3) is 0.300. The van der Waals surface area contributed by atoms with Crippen molar-refractivity contribution in [2.45, 2.75) is 24.3 Å². The summed E-state index contributed by atoms with van der Waals surface area (Å²) in [6.45, 7) is 1.48. The Morgan fingerprint density at radius 3 is 2.59 bits per heavy atom. The number of nitrogens with two attached hydrogens (primary N) is 1. The number of sulfonamides is 1. The maximum atomic E-state index is 13.3. The number of primary amides is 1. The van der Waals surface area contributed by atoms with E-state index in [0.29, 0.717) is 0 Å². The van der Waals surface area contributed by atoms with Crippen LogP contribution in [0.25, 0.3) is 0 Å². The molecule has 1 unspecified atom stereocenters. The van der Waals surface area contributed by atoms with E-state index >= 15 is 0 Å². The lowest BCUT2D eigenvalue weighted by Crippen LogP contribution is -2.36. The number of rotatable bonds is 5. The number of amides is 1. The molecule has 0 aromatic heterocycles. The SMILES string of the molecule is CC(CC(N)=O)NS(=O)(=O)c1ccccc1F. The zero-order valence-electron chi connectivity index (χ0n) is 9.18. The molecule has 0 spiro atoms. The summed E-state index contributed by atoms with van der Waals surface area (Å²) in [5.74, 6) is -1.47. The van der Waals surface area contributed by atoms with Crippen molar-refractivity contribution >= 4 is 15.9 Å². The average Bonchev–Trinajstić information content (AvgIpc) is 2.15. The summed E-state index contributed by atoms with van der Waals surface area (Å²) in [6.07, 6.45) is -0.145. The summed E-state index contributed by atoms with van der Waals surface area (Å²) in [6, 6.07) is 4.32. The predicted molar refractivity (Wildman–Crippen MR) is 60.0 cm³/mol. The number of hydrogen-bond donors (Lipinski definition) is 2. The second-order valence-electron chi connectivity index (χ2n) is 3.62. The molecule has 1 aromatic carbocycles. The third kappa shape index (κ3) is 3.79. The standard InChI is InChI=1S/C10H13FN2O3S/c1-7(6-10(12)14)13-17(15,16)9-5-3-2-4-8(9)11/h2-5,7,13H,6H2,1H3,(H2,12,14). The van der Waals surface area contributed by atoms with Crippen LogP contribution in [0.3, 0.4) is 0 Å². The predicted octanol–water partition coefficient (Wildman–Crippen LogP) is 0.368. The lowest BCUT2D eigenvalue weighted by Gasteiger charge is -2.12. The minimum absolute atomic E-state index is 0.145. The third-order valence-corrected chi connectivity index (χ3v) is 3.61. The largest absolute Gasteiger partial charge is 0.370 e. The van der Waals surface area contributed by atoms with Crippen LogP contribution in [-0.2, 0) is 14.8 Å². The summed E-state index contributed by atoms with van der Waals surface area (Å²) >= 11 is 0. The minimum atomic E-state index is -3.97. The third-order valence-electron chi connectivity index (χ3n) is 1.99. The molecule has 7 heteroatoms. The highest BCUT2D eigenvalue weighted by Gasteiger charge is 2.21. The summed E-state index contributed by atoms with van der Waals surface area (Å²) in [5.41, 5.74) is 4.93. The minimum Gasteiger partial charge on any atom is -0.370 e. The van der Waals surface area contributed by atoms with Gasteiger partial charge in [-0.2, -0.15) is 0 Å². The van der Waals surface area contributed by atoms with E-state index < -0.39 is 32.7 Å². The van der Waals surface area contributed by atoms with Gasteiger partial charge in [-0.1, -0.05) is 12.1 Å². The van der Waals surface area contributed by atoms with E-state index in [1.807, 2.05) is 0 Å². The topological polar surface area (TPSA) is 89.3 Å². The fourth-order valence-corrected chi connectivity index (χ4v) is 2.66. The molecular weight excluding hydrogens is 247 g/mol. The Labute approximate surface area is 98.9 Å². The molecule has 94 valence electrons. The first-order chi connectivity index (χ1) is 7.83. The first kappa shape index (κ1) is 13.6. The van der Waals surface area contributed by atoms with Crippen LogP contribution in [0.4, 0.5) is 4.39 Å². The molecule has 1 atom stereocenters. The van der Waals surface area contributed by atoms with Gasteiger partial charge in [0.25, 0.3) is 0 Å². The number of hydrogen-bond acceptors (Lipinski definition) is 3. The van der Waals surface area contributed by atoms with Gasteiger partial charge in [0, 0.05) is 12.5 Å². The molecule has 1 amide bonds. The first-order valence-corrected chi connectivity index (χ1v) is 6.36. The number of carbonyl (C=O) groups is 1. The van der Waals surface area contributed by atoms with Crippen LogP contribution in [0, 0.1) is 5.82 Å². The van der Waals surface area contributed by atoms with Gasteiger partial charge >= 0.3 is 0 Å². The molecule has 0 bridgehead atoms. The van der Waals surface area contributed by atoms with Gasteiger partial charge in [-0.15, -0.1) is 0 Å². The lowest BCUT2D eigenvalue weighted by molar-refractivity contribution is -0.118. The summed E-state index contributed by atoms with van der Waals surface area (Å²) < 4.78 is 38.9. The fourth-order valence-electron chi connectivity index (χ4n) is 1.33. The van der Waals surface area contributed by atoms with Gasteiger partial charge < -0.3 is 5.73 Å². The zero-order valence-corrected chi connectivity index (χ0v) is 10.00. The number of nitrogens with one attached hydrogen (secondary N) is 1. The van der Waals surface area contributed by atoms with Gasteiger partial charge in [-0.05, 0) is 19.1 Å². The Morgan fingerprint density at radius 2 is 2.06 bits per heavy atom. The van der Waals surface area contributed by atoms with Crippen molar-refractivity contribution < 1.29 is 17.6 Å². The van der Waals surface area contributed by atoms with Crippen LogP contribution in [0.5, 0.6) is 0 Å². The van der Waals surface area contributed by atoms with E-state index in [4.69, 9.17) is 5.73 Å². The van der Waals surface area contributed by atoms with Gasteiger partial charge in [0.15, 0.2) is 0 Å². The Morgan fingerprint density at radius 1 is 1.47 bits per heavy atom. The van der Waals surface area contributed by atoms with Crippen LogP contribution >= 0.6 is 0 Å². The molecule has 5 nitrogen and oxygen atoms in total. The van der Waals surface area contributed by atoms with Crippen LogP contribution in [0.2, 0.25) is 0 Å². The Balaban J connectivity index is 2.90. The quantitative estimate of drug-likeness (QED) is 0.801. The molecule has 3 N–H and O–H groups in total. The van der Waals surface area contributed by atoms with E-state index in [9.17, 15) is 17.6 Å². The van der Waals surface area contributed by atoms with Crippen molar-refractivity contribution in [2.75, 3.05) is 0 Å². The van der Waals surface area contributed by atoms with Gasteiger partial charge in [0.1, 0.15) is 10.7 Å². The molecule has 0 heterocycles. The second kappa shape index (κ2) is 5.24. The van der Waals surface area contributed by atoms with Gasteiger partial charge in [-0.3, -0.25) is 4.79 Å². The average molecular weight is 260 g/mol. The lowest BCUT2D eigenvalue weighted by atomic mass is 10.2. The monoisotopic (exact) mass is 260 g/mol. The molecule has 17 heavy (non-hydrogen) atoms. The smallest absolute Gasteiger partial charge is 0.243 e. The van der Waals surface area contributed by atoms with E-state index in [2.05, 4.69) is 4.72 Å². The van der Waals surface area contributed by atoms with Gasteiger partial charge in [-0.25, -0.2) is 17.5 Å². The van der Waals surface area contributed by atoms with Crippen molar-refractivity contribution in [2.24, 2.45) is 5.73 Å². The second-order valence-corrected chi connectivity index (χ2v) is 5.31. The number of carbonyl (C=O) groups excluding carboxylic acids is 1. The summed E-state index contributed by atoms with van der Waals surface area (Å²) in [5, 5.41) is 0. The molecule has 1 aromatic rings. The summed E-state index contributed by atoms with van der Waals surface area (Å²) in [4.78, 5) is 10.2. The van der Waals surface area contributed by atoms with Crippen LogP contribution in [0.15, 0.2) is 29.2 Å². The van der Waals surface area contributed by atoms with Gasteiger partial charge in [0.2, 0.25) is 15.9 Å². The molecular formula is C10H13FN2O3S. The molecule has 0 aliphatic rings. The Bertz CT molecular complexity index is 516.